The molecule has 19 heavy (non-hydrogen) atoms. The maximum atomic E-state index is 4.77. The van der Waals surface area contributed by atoms with Crippen molar-refractivity contribution in [3.63, 3.8) is 0 Å². The predicted octanol–water partition coefficient (Wildman–Crippen LogP) is 2.83. The molecule has 0 aliphatic rings. The summed E-state index contributed by atoms with van der Waals surface area (Å²) in [6.45, 7) is 7.21. The lowest BCUT2D eigenvalue weighted by Crippen LogP contribution is -2.07. The Morgan fingerprint density at radius 3 is 2.74 bits per heavy atom. The Labute approximate surface area is 118 Å². The summed E-state index contributed by atoms with van der Waals surface area (Å²) in [6.07, 6.45) is 2.80. The summed E-state index contributed by atoms with van der Waals surface area (Å²) >= 11 is 1.72. The molecule has 0 aromatic carbocycles. The molecule has 0 aliphatic heterocycles. The molecule has 4 nitrogen and oxygen atoms in total. The van der Waals surface area contributed by atoms with E-state index in [0.29, 0.717) is 5.92 Å². The zero-order valence-electron chi connectivity index (χ0n) is 11.9. The van der Waals surface area contributed by atoms with Crippen molar-refractivity contribution in [3.05, 3.63) is 28.7 Å². The van der Waals surface area contributed by atoms with E-state index in [4.69, 9.17) is 4.98 Å². The lowest BCUT2D eigenvalue weighted by atomic mass is 10.1. The van der Waals surface area contributed by atoms with Crippen molar-refractivity contribution in [2.24, 2.45) is 5.92 Å². The van der Waals surface area contributed by atoms with Gasteiger partial charge in [-0.1, -0.05) is 13.8 Å². The maximum absolute atomic E-state index is 4.77. The van der Waals surface area contributed by atoms with Crippen molar-refractivity contribution < 1.29 is 0 Å². The minimum atomic E-state index is 0.609. The van der Waals surface area contributed by atoms with Crippen LogP contribution in [-0.2, 0) is 13.0 Å². The van der Waals surface area contributed by atoms with Gasteiger partial charge in [-0.25, -0.2) is 15.0 Å². The average Bonchev–Trinajstić information content (AvgIpc) is 2.72. The Morgan fingerprint density at radius 1 is 1.32 bits per heavy atom. The van der Waals surface area contributed by atoms with Gasteiger partial charge in [0.15, 0.2) is 0 Å². The molecule has 0 amide bonds. The van der Waals surface area contributed by atoms with E-state index in [1.54, 1.807) is 17.5 Å². The third-order valence-electron chi connectivity index (χ3n) is 2.71. The summed E-state index contributed by atoms with van der Waals surface area (Å²) in [7, 11) is 1.97. The molecule has 2 aromatic heterocycles. The second-order valence-electron chi connectivity index (χ2n) is 5.01. The second kappa shape index (κ2) is 6.21. The zero-order valence-corrected chi connectivity index (χ0v) is 12.7. The normalized spacial score (nSPS) is 11.2. The Morgan fingerprint density at radius 2 is 2.11 bits per heavy atom. The van der Waals surface area contributed by atoms with Crippen molar-refractivity contribution in [3.8, 4) is 10.7 Å². The molecule has 0 saturated carbocycles. The molecule has 0 aliphatic carbocycles. The van der Waals surface area contributed by atoms with Crippen molar-refractivity contribution in [2.75, 3.05) is 7.05 Å². The van der Waals surface area contributed by atoms with E-state index in [2.05, 4.69) is 29.1 Å². The molecule has 0 atom stereocenters. The summed E-state index contributed by atoms with van der Waals surface area (Å²) in [6, 6.07) is 1.92. The first-order chi connectivity index (χ1) is 9.10. The Balaban J connectivity index is 2.36. The molecule has 5 heteroatoms. The van der Waals surface area contributed by atoms with Crippen LogP contribution < -0.4 is 5.32 Å². The quantitative estimate of drug-likeness (QED) is 0.912. The molecule has 0 spiro atoms. The highest BCUT2D eigenvalue weighted by Gasteiger charge is 2.14. The predicted molar refractivity (Wildman–Crippen MR) is 79.2 cm³/mol. The van der Waals surface area contributed by atoms with Crippen LogP contribution in [0.3, 0.4) is 0 Å². The smallest absolute Gasteiger partial charge is 0.142 e. The van der Waals surface area contributed by atoms with Crippen molar-refractivity contribution in [1.29, 1.82) is 0 Å². The van der Waals surface area contributed by atoms with Gasteiger partial charge in [0.05, 0.1) is 5.69 Å². The van der Waals surface area contributed by atoms with E-state index in [1.807, 2.05) is 20.0 Å². The van der Waals surface area contributed by atoms with Gasteiger partial charge in [-0.2, -0.15) is 0 Å². The van der Waals surface area contributed by atoms with E-state index in [9.17, 15) is 0 Å². The molecular formula is C14H20N4S. The van der Waals surface area contributed by atoms with E-state index in [0.717, 1.165) is 29.5 Å². The van der Waals surface area contributed by atoms with Crippen LogP contribution in [-0.4, -0.2) is 22.0 Å². The van der Waals surface area contributed by atoms with E-state index >= 15 is 0 Å². The monoisotopic (exact) mass is 276 g/mol. The topological polar surface area (TPSA) is 50.7 Å². The minimum Gasteiger partial charge on any atom is -0.315 e. The van der Waals surface area contributed by atoms with Gasteiger partial charge in [0.25, 0.3) is 0 Å². The van der Waals surface area contributed by atoms with Crippen molar-refractivity contribution in [2.45, 2.75) is 33.7 Å². The fraction of sp³-hybridized carbons (Fsp3) is 0.500. The van der Waals surface area contributed by atoms with Crippen LogP contribution in [0, 0.1) is 12.8 Å². The van der Waals surface area contributed by atoms with Gasteiger partial charge in [0, 0.05) is 17.6 Å². The van der Waals surface area contributed by atoms with Crippen LogP contribution in [0.4, 0.5) is 0 Å². The molecular weight excluding hydrogens is 256 g/mol. The molecule has 2 heterocycles. The first kappa shape index (κ1) is 14.1. The summed E-state index contributed by atoms with van der Waals surface area (Å²) in [5.74, 6) is 1.39. The Bertz CT molecular complexity index is 548. The van der Waals surface area contributed by atoms with E-state index in [1.165, 1.54) is 10.6 Å². The zero-order chi connectivity index (χ0) is 13.8. The fourth-order valence-corrected chi connectivity index (χ4v) is 2.98. The number of aromatic nitrogens is 3. The summed E-state index contributed by atoms with van der Waals surface area (Å²) < 4.78 is 0. The van der Waals surface area contributed by atoms with Gasteiger partial charge < -0.3 is 5.32 Å². The number of nitrogens with zero attached hydrogens (tertiary/aromatic N) is 3. The number of rotatable bonds is 5. The molecule has 0 bridgehead atoms. The highest BCUT2D eigenvalue weighted by molar-refractivity contribution is 7.15. The van der Waals surface area contributed by atoms with Crippen LogP contribution in [0.1, 0.15) is 30.2 Å². The van der Waals surface area contributed by atoms with Gasteiger partial charge in [0.1, 0.15) is 16.5 Å². The van der Waals surface area contributed by atoms with Crippen molar-refractivity contribution in [1.82, 2.24) is 20.3 Å². The molecule has 0 unspecified atom stereocenters. The fourth-order valence-electron chi connectivity index (χ4n) is 1.91. The number of nitrogens with one attached hydrogen (secondary N) is 1. The van der Waals surface area contributed by atoms with Gasteiger partial charge in [-0.05, 0) is 32.4 Å². The molecule has 2 rings (SSSR count). The Hall–Kier alpha value is -1.33. The van der Waals surface area contributed by atoms with Gasteiger partial charge in [0.2, 0.25) is 0 Å². The van der Waals surface area contributed by atoms with E-state index in [-0.39, 0.29) is 0 Å². The first-order valence-electron chi connectivity index (χ1n) is 6.53. The minimum absolute atomic E-state index is 0.609. The third-order valence-corrected chi connectivity index (χ3v) is 3.83. The average molecular weight is 276 g/mol. The molecule has 1 N–H and O–H groups in total. The van der Waals surface area contributed by atoms with Crippen LogP contribution in [0.2, 0.25) is 0 Å². The van der Waals surface area contributed by atoms with Crippen LogP contribution >= 0.6 is 11.3 Å². The molecule has 2 aromatic rings. The number of aryl methyl sites for hydroxylation is 1. The van der Waals surface area contributed by atoms with Crippen molar-refractivity contribution >= 4 is 11.3 Å². The molecule has 0 fully saturated rings. The maximum Gasteiger partial charge on any atom is 0.142 e. The van der Waals surface area contributed by atoms with Gasteiger partial charge in [-0.3, -0.25) is 0 Å². The largest absolute Gasteiger partial charge is 0.315 e. The molecule has 102 valence electrons. The standard InChI is InChI=1S/C14H20N4S/c1-9(2)7-12-13(8-15-4)19-14(18-12)11-5-6-16-10(3)17-11/h5-6,9,15H,7-8H2,1-4H3. The third kappa shape index (κ3) is 3.58. The Kier molecular flexibility index (Phi) is 4.61. The van der Waals surface area contributed by atoms with Crippen LogP contribution in [0.15, 0.2) is 12.3 Å². The summed E-state index contributed by atoms with van der Waals surface area (Å²) in [4.78, 5) is 14.7. The first-order valence-corrected chi connectivity index (χ1v) is 7.35. The highest BCUT2D eigenvalue weighted by atomic mass is 32.1. The van der Waals surface area contributed by atoms with Gasteiger partial charge in [-0.15, -0.1) is 11.3 Å². The second-order valence-corrected chi connectivity index (χ2v) is 6.09. The molecule has 0 radical (unpaired) electrons. The molecule has 0 saturated heterocycles. The summed E-state index contributed by atoms with van der Waals surface area (Å²) in [5, 5.41) is 4.20. The SMILES string of the molecule is CNCc1sc(-c2ccnc(C)n2)nc1CC(C)C. The highest BCUT2D eigenvalue weighted by Crippen LogP contribution is 2.28. The summed E-state index contributed by atoms with van der Waals surface area (Å²) in [5.41, 5.74) is 2.12. The number of hydrogen-bond donors (Lipinski definition) is 1. The van der Waals surface area contributed by atoms with E-state index < -0.39 is 0 Å². The van der Waals surface area contributed by atoms with Crippen LogP contribution in [0.5, 0.6) is 0 Å². The van der Waals surface area contributed by atoms with Crippen LogP contribution in [0.25, 0.3) is 10.7 Å². The lowest BCUT2D eigenvalue weighted by molar-refractivity contribution is 0.631. The number of hydrogen-bond acceptors (Lipinski definition) is 5. The van der Waals surface area contributed by atoms with Gasteiger partial charge >= 0.3 is 0 Å². The number of thiazole rings is 1. The lowest BCUT2D eigenvalue weighted by Gasteiger charge is -2.03.